The van der Waals surface area contributed by atoms with Crippen molar-refractivity contribution < 1.29 is 0 Å². The maximum atomic E-state index is 2.65. The Morgan fingerprint density at radius 1 is 1.12 bits per heavy atom. The van der Waals surface area contributed by atoms with E-state index in [0.717, 1.165) is 0 Å². The molecule has 1 heteroatoms. The van der Waals surface area contributed by atoms with Crippen molar-refractivity contribution in [2.45, 2.75) is 6.92 Å². The molecule has 1 aromatic rings. The molecule has 0 fully saturated rings. The summed E-state index contributed by atoms with van der Waals surface area (Å²) < 4.78 is 1.25. The van der Waals surface area contributed by atoms with Crippen molar-refractivity contribution in [1.29, 1.82) is 0 Å². The van der Waals surface area contributed by atoms with Crippen LogP contribution in [0.15, 0.2) is 24.3 Å². The van der Waals surface area contributed by atoms with Crippen LogP contribution >= 0.6 is 0 Å². The first-order valence-electron chi connectivity index (χ1n) is 2.61. The van der Waals surface area contributed by atoms with E-state index in [1.165, 1.54) is 9.99 Å². The Bertz CT molecular complexity index is 143. The predicted octanol–water partition coefficient (Wildman–Crippen LogP) is 0.789. The van der Waals surface area contributed by atoms with Crippen LogP contribution in [-0.2, 0) is 0 Å². The zero-order valence-electron chi connectivity index (χ0n) is 4.89. The first-order valence-corrected chi connectivity index (χ1v) is 3.19. The van der Waals surface area contributed by atoms with Gasteiger partial charge in [-0.2, -0.15) is 0 Å². The summed E-state index contributed by atoms with van der Waals surface area (Å²) >= 11 is 2.65. The van der Waals surface area contributed by atoms with Crippen LogP contribution in [0.2, 0.25) is 0 Å². The van der Waals surface area contributed by atoms with Gasteiger partial charge in [-0.3, -0.25) is 0 Å². The summed E-state index contributed by atoms with van der Waals surface area (Å²) in [6.45, 7) is 2.09. The number of rotatable bonds is 0. The van der Waals surface area contributed by atoms with Crippen LogP contribution < -0.4 is 4.43 Å². The van der Waals surface area contributed by atoms with Gasteiger partial charge in [-0.15, -0.1) is 0 Å². The van der Waals surface area contributed by atoms with Gasteiger partial charge >= 0.3 is 57.5 Å². The Labute approximate surface area is 58.0 Å². The summed E-state index contributed by atoms with van der Waals surface area (Å²) in [6.07, 6.45) is 0. The van der Waals surface area contributed by atoms with Gasteiger partial charge in [-0.05, 0) is 0 Å². The average molecular weight is 118 g/mol. The first kappa shape index (κ1) is 5.88. The van der Waals surface area contributed by atoms with E-state index in [2.05, 4.69) is 47.5 Å². The summed E-state index contributed by atoms with van der Waals surface area (Å²) in [5.41, 5.74) is 1.32. The van der Waals surface area contributed by atoms with Gasteiger partial charge in [0.2, 0.25) is 0 Å². The normalized spacial score (nSPS) is 9.38. The van der Waals surface area contributed by atoms with E-state index in [9.17, 15) is 0 Å². The van der Waals surface area contributed by atoms with Gasteiger partial charge in [0.05, 0.1) is 0 Å². The van der Waals surface area contributed by atoms with Gasteiger partial charge in [0.1, 0.15) is 0 Å². The van der Waals surface area contributed by atoms with Crippen molar-refractivity contribution in [1.82, 2.24) is 0 Å². The molecule has 0 atom stereocenters. The van der Waals surface area contributed by atoms with Gasteiger partial charge in [0, 0.05) is 0 Å². The molecule has 0 unspecified atom stereocenters. The average Bonchev–Trinajstić information content (AvgIpc) is 1.77. The SMILES string of the molecule is Cc1cc[c]([Al+2])cc1. The van der Waals surface area contributed by atoms with Crippen molar-refractivity contribution >= 4 is 20.7 Å². The fourth-order valence-electron chi connectivity index (χ4n) is 0.566. The van der Waals surface area contributed by atoms with Crippen LogP contribution in [0.3, 0.4) is 0 Å². The fraction of sp³-hybridized carbons (Fsp3) is 0.143. The van der Waals surface area contributed by atoms with Crippen molar-refractivity contribution in [3.05, 3.63) is 29.8 Å². The molecule has 0 bridgehead atoms. The molecule has 0 radical (unpaired) electrons. The zero-order valence-corrected chi connectivity index (χ0v) is 6.04. The number of hydrogen-bond acceptors (Lipinski definition) is 0. The van der Waals surface area contributed by atoms with E-state index in [0.29, 0.717) is 0 Å². The predicted molar refractivity (Wildman–Crippen MR) is 36.6 cm³/mol. The second-order valence-electron chi connectivity index (χ2n) is 1.91. The van der Waals surface area contributed by atoms with Crippen LogP contribution in [0.4, 0.5) is 0 Å². The van der Waals surface area contributed by atoms with Crippen molar-refractivity contribution in [3.63, 3.8) is 0 Å². The molecule has 36 valence electrons. The topological polar surface area (TPSA) is 0 Å². The summed E-state index contributed by atoms with van der Waals surface area (Å²) in [4.78, 5) is 0. The molecule has 0 nitrogen and oxygen atoms in total. The fourth-order valence-corrected chi connectivity index (χ4v) is 0.759. The molecule has 0 amide bonds. The Morgan fingerprint density at radius 2 is 1.62 bits per heavy atom. The Morgan fingerprint density at radius 3 is 2.00 bits per heavy atom. The van der Waals surface area contributed by atoms with Crippen LogP contribution in [0, 0.1) is 6.92 Å². The monoisotopic (exact) mass is 118 g/mol. The molecule has 0 spiro atoms. The summed E-state index contributed by atoms with van der Waals surface area (Å²) in [5, 5.41) is 0. The minimum atomic E-state index is 1.25. The standard InChI is InChI=1S/C7H7.Al/c1-7-5-3-2-4-6-7;/h3-6H,1H3;/q;+2. The van der Waals surface area contributed by atoms with E-state index in [1.54, 1.807) is 0 Å². The molecule has 0 aliphatic rings. The minimum absolute atomic E-state index is 1.25. The van der Waals surface area contributed by atoms with Crippen molar-refractivity contribution in [3.8, 4) is 0 Å². The molecule has 0 aliphatic carbocycles. The molecule has 0 saturated heterocycles. The first-order chi connectivity index (χ1) is 3.79. The second kappa shape index (κ2) is 2.35. The number of hydrogen-bond donors (Lipinski definition) is 0. The molecular weight excluding hydrogens is 111 g/mol. The van der Waals surface area contributed by atoms with Crippen molar-refractivity contribution in [2.24, 2.45) is 0 Å². The third kappa shape index (κ3) is 1.37. The number of benzene rings is 1. The Kier molecular flexibility index (Phi) is 1.73. The quantitative estimate of drug-likeness (QED) is 0.442. The third-order valence-corrected chi connectivity index (χ3v) is 1.46. The third-order valence-electron chi connectivity index (χ3n) is 1.08. The zero-order chi connectivity index (χ0) is 5.98. The molecule has 0 saturated carbocycles. The van der Waals surface area contributed by atoms with E-state index in [4.69, 9.17) is 0 Å². The van der Waals surface area contributed by atoms with E-state index in [1.807, 2.05) is 0 Å². The van der Waals surface area contributed by atoms with Crippen LogP contribution in [0.5, 0.6) is 0 Å². The van der Waals surface area contributed by atoms with Crippen LogP contribution in [-0.4, -0.2) is 16.3 Å². The molecule has 0 aliphatic heterocycles. The molecule has 1 rings (SSSR count). The van der Waals surface area contributed by atoms with E-state index >= 15 is 0 Å². The maximum absolute atomic E-state index is 2.65. The van der Waals surface area contributed by atoms with Gasteiger partial charge in [0.25, 0.3) is 0 Å². The molecular formula is C7H7Al+2. The molecule has 0 aromatic heterocycles. The molecule has 0 N–H and O–H groups in total. The molecule has 0 heterocycles. The summed E-state index contributed by atoms with van der Waals surface area (Å²) in [7, 11) is 0. The molecule has 8 heavy (non-hydrogen) atoms. The van der Waals surface area contributed by atoms with Gasteiger partial charge in [-0.1, -0.05) is 0 Å². The van der Waals surface area contributed by atoms with Gasteiger partial charge in [0.15, 0.2) is 0 Å². The second-order valence-corrected chi connectivity index (χ2v) is 2.58. The van der Waals surface area contributed by atoms with Crippen LogP contribution in [0.1, 0.15) is 5.56 Å². The van der Waals surface area contributed by atoms with Crippen LogP contribution in [0.25, 0.3) is 0 Å². The van der Waals surface area contributed by atoms with E-state index in [-0.39, 0.29) is 0 Å². The van der Waals surface area contributed by atoms with Crippen molar-refractivity contribution in [2.75, 3.05) is 0 Å². The van der Waals surface area contributed by atoms with E-state index < -0.39 is 0 Å². The summed E-state index contributed by atoms with van der Waals surface area (Å²) in [6, 6.07) is 8.37. The Balaban J connectivity index is 3.03. The number of aryl methyl sites for hydroxylation is 1. The van der Waals surface area contributed by atoms with Gasteiger partial charge < -0.3 is 0 Å². The summed E-state index contributed by atoms with van der Waals surface area (Å²) in [5.74, 6) is 0. The van der Waals surface area contributed by atoms with Gasteiger partial charge in [-0.25, -0.2) is 0 Å². The Hall–Kier alpha value is -0.248. The molecule has 1 aromatic carbocycles.